The molecule has 1 aliphatic rings. The van der Waals surface area contributed by atoms with E-state index in [2.05, 4.69) is 0 Å². The van der Waals surface area contributed by atoms with Crippen LogP contribution in [0.2, 0.25) is 0 Å². The molecule has 112 valence electrons. The molecule has 0 spiro atoms. The Labute approximate surface area is 125 Å². The van der Waals surface area contributed by atoms with Crippen LogP contribution in [0.15, 0.2) is 24.3 Å². The number of sulfone groups is 1. The number of aliphatic hydroxyl groups excluding tert-OH is 1. The van der Waals surface area contributed by atoms with E-state index in [1.54, 1.807) is 11.8 Å². The summed E-state index contributed by atoms with van der Waals surface area (Å²) < 4.78 is 23.8. The average Bonchev–Trinajstić information content (AvgIpc) is 2.46. The first kappa shape index (κ1) is 15.7. The highest BCUT2D eigenvalue weighted by molar-refractivity contribution is 8.01. The highest BCUT2D eigenvalue weighted by atomic mass is 32.2. The molecule has 1 saturated heterocycles. The molecule has 6 heteroatoms. The van der Waals surface area contributed by atoms with Crippen LogP contribution in [-0.2, 0) is 9.84 Å². The molecule has 2 rings (SSSR count). The Morgan fingerprint density at radius 1 is 1.40 bits per heavy atom. The molecule has 2 unspecified atom stereocenters. The second kappa shape index (κ2) is 6.37. The van der Waals surface area contributed by atoms with Crippen LogP contribution in [0.4, 0.5) is 5.69 Å². The molecular formula is C14H21NO3S2. The third kappa shape index (κ3) is 3.48. The first-order valence-electron chi connectivity index (χ1n) is 6.74. The molecule has 1 heterocycles. The van der Waals surface area contributed by atoms with Crippen molar-refractivity contribution in [1.82, 2.24) is 0 Å². The number of aliphatic hydroxyl groups is 1. The Bertz CT molecular complexity index is 542. The van der Waals surface area contributed by atoms with Gasteiger partial charge < -0.3 is 10.0 Å². The van der Waals surface area contributed by atoms with Gasteiger partial charge in [-0.3, -0.25) is 0 Å². The Hall–Kier alpha value is -0.720. The molecule has 20 heavy (non-hydrogen) atoms. The maximum Gasteiger partial charge on any atom is 0.169 e. The lowest BCUT2D eigenvalue weighted by Crippen LogP contribution is -2.47. The van der Waals surface area contributed by atoms with Crippen molar-refractivity contribution in [3.8, 4) is 0 Å². The van der Waals surface area contributed by atoms with Gasteiger partial charge in [-0.1, -0.05) is 19.1 Å². The Balaban J connectivity index is 2.25. The van der Waals surface area contributed by atoms with Crippen molar-refractivity contribution in [2.75, 3.05) is 29.2 Å². The summed E-state index contributed by atoms with van der Waals surface area (Å²) >= 11 is 1.68. The van der Waals surface area contributed by atoms with Gasteiger partial charge in [0.15, 0.2) is 9.84 Å². The molecule has 0 amide bonds. The van der Waals surface area contributed by atoms with Crippen LogP contribution in [0.25, 0.3) is 0 Å². The van der Waals surface area contributed by atoms with Crippen molar-refractivity contribution >= 4 is 27.3 Å². The zero-order chi connectivity index (χ0) is 14.8. The molecule has 1 aliphatic heterocycles. The van der Waals surface area contributed by atoms with Crippen molar-refractivity contribution in [3.05, 3.63) is 29.8 Å². The normalized spacial score (nSPS) is 21.8. The lowest BCUT2D eigenvalue weighted by Gasteiger charge is -2.36. The van der Waals surface area contributed by atoms with Gasteiger partial charge in [0.1, 0.15) is 5.37 Å². The van der Waals surface area contributed by atoms with Gasteiger partial charge in [0, 0.05) is 30.0 Å². The molecule has 0 radical (unpaired) electrons. The van der Waals surface area contributed by atoms with E-state index in [1.807, 2.05) is 36.1 Å². The van der Waals surface area contributed by atoms with Gasteiger partial charge in [-0.05, 0) is 24.1 Å². The summed E-state index contributed by atoms with van der Waals surface area (Å²) in [6, 6.07) is 7.57. The maximum absolute atomic E-state index is 11.9. The van der Waals surface area contributed by atoms with Crippen molar-refractivity contribution < 1.29 is 13.5 Å². The highest BCUT2D eigenvalue weighted by Gasteiger charge is 2.31. The van der Waals surface area contributed by atoms with Gasteiger partial charge in [0.05, 0.1) is 6.10 Å². The topological polar surface area (TPSA) is 57.6 Å². The summed E-state index contributed by atoms with van der Waals surface area (Å²) in [7, 11) is -3.10. The second-order valence-corrected chi connectivity index (χ2v) is 8.42. The first-order chi connectivity index (χ1) is 9.43. The van der Waals surface area contributed by atoms with Crippen LogP contribution >= 0.6 is 11.8 Å². The Kier molecular flexibility index (Phi) is 4.99. The van der Waals surface area contributed by atoms with E-state index >= 15 is 0 Å². The molecule has 1 aromatic rings. The van der Waals surface area contributed by atoms with Crippen molar-refractivity contribution in [2.24, 2.45) is 0 Å². The zero-order valence-electron chi connectivity index (χ0n) is 11.8. The van der Waals surface area contributed by atoms with E-state index < -0.39 is 21.3 Å². The number of thioether (sulfide) groups is 1. The Morgan fingerprint density at radius 2 is 2.05 bits per heavy atom. The molecule has 1 aromatic carbocycles. The number of hydrogen-bond donors (Lipinski definition) is 1. The summed E-state index contributed by atoms with van der Waals surface area (Å²) in [6.07, 6.45) is 1.52. The molecule has 0 aromatic heterocycles. The van der Waals surface area contributed by atoms with Crippen LogP contribution in [0.1, 0.15) is 25.0 Å². The fraction of sp³-hybridized carbons (Fsp3) is 0.571. The van der Waals surface area contributed by atoms with Gasteiger partial charge in [-0.25, -0.2) is 8.42 Å². The van der Waals surface area contributed by atoms with Gasteiger partial charge in [0.2, 0.25) is 0 Å². The van der Waals surface area contributed by atoms with Gasteiger partial charge >= 0.3 is 0 Å². The van der Waals surface area contributed by atoms with E-state index in [9.17, 15) is 13.5 Å². The summed E-state index contributed by atoms with van der Waals surface area (Å²) in [4.78, 5) is 1.95. The number of rotatable bonds is 4. The van der Waals surface area contributed by atoms with E-state index in [-0.39, 0.29) is 0 Å². The fourth-order valence-electron chi connectivity index (χ4n) is 2.35. The standard InChI is InChI=1S/C14H21NO3S2/c1-3-13(16)11-4-6-12(7-5-11)15-8-9-19-10-14(15)20(2,17)18/h4-7,13-14,16H,3,8-10H2,1-2H3. The smallest absolute Gasteiger partial charge is 0.169 e. The molecule has 2 atom stereocenters. The summed E-state index contributed by atoms with van der Waals surface area (Å²) in [6.45, 7) is 2.66. The van der Waals surface area contributed by atoms with Gasteiger partial charge in [-0.15, -0.1) is 0 Å². The minimum atomic E-state index is -3.10. The lowest BCUT2D eigenvalue weighted by atomic mass is 10.1. The lowest BCUT2D eigenvalue weighted by molar-refractivity contribution is 0.173. The van der Waals surface area contributed by atoms with Gasteiger partial charge in [0.25, 0.3) is 0 Å². The number of nitrogens with zero attached hydrogens (tertiary/aromatic N) is 1. The quantitative estimate of drug-likeness (QED) is 0.921. The number of benzene rings is 1. The molecule has 0 aliphatic carbocycles. The molecule has 0 saturated carbocycles. The van der Waals surface area contributed by atoms with Crippen LogP contribution in [-0.4, -0.2) is 43.2 Å². The van der Waals surface area contributed by atoms with E-state index in [1.165, 1.54) is 6.26 Å². The SMILES string of the molecule is CCC(O)c1ccc(N2CCSCC2S(C)(=O)=O)cc1. The molecule has 4 nitrogen and oxygen atoms in total. The summed E-state index contributed by atoms with van der Waals surface area (Å²) in [5.41, 5.74) is 1.78. The predicted molar refractivity (Wildman–Crippen MR) is 85.0 cm³/mol. The molecule has 0 bridgehead atoms. The second-order valence-electron chi connectivity index (χ2n) is 5.07. The van der Waals surface area contributed by atoms with Crippen LogP contribution in [0.5, 0.6) is 0 Å². The van der Waals surface area contributed by atoms with Crippen molar-refractivity contribution in [2.45, 2.75) is 24.8 Å². The highest BCUT2D eigenvalue weighted by Crippen LogP contribution is 2.28. The fourth-order valence-corrected chi connectivity index (χ4v) is 5.20. The monoisotopic (exact) mass is 315 g/mol. The largest absolute Gasteiger partial charge is 0.388 e. The molecule has 1 N–H and O–H groups in total. The summed E-state index contributed by atoms with van der Waals surface area (Å²) in [5.74, 6) is 1.55. The Morgan fingerprint density at radius 3 is 2.60 bits per heavy atom. The third-order valence-corrected chi connectivity index (χ3v) is 6.22. The summed E-state index contributed by atoms with van der Waals surface area (Å²) in [5, 5.41) is 9.34. The van der Waals surface area contributed by atoms with E-state index in [0.29, 0.717) is 12.2 Å². The van der Waals surface area contributed by atoms with Crippen molar-refractivity contribution in [1.29, 1.82) is 0 Å². The predicted octanol–water partition coefficient (Wildman–Crippen LogP) is 2.05. The third-order valence-electron chi connectivity index (χ3n) is 3.58. The number of hydrogen-bond acceptors (Lipinski definition) is 5. The van der Waals surface area contributed by atoms with E-state index in [4.69, 9.17) is 0 Å². The molecular weight excluding hydrogens is 294 g/mol. The average molecular weight is 315 g/mol. The van der Waals surface area contributed by atoms with Crippen LogP contribution in [0, 0.1) is 0 Å². The van der Waals surface area contributed by atoms with E-state index in [0.717, 1.165) is 23.5 Å². The first-order valence-corrected chi connectivity index (χ1v) is 9.85. The maximum atomic E-state index is 11.9. The minimum absolute atomic E-state index is 0.452. The zero-order valence-corrected chi connectivity index (χ0v) is 13.5. The molecule has 1 fully saturated rings. The minimum Gasteiger partial charge on any atom is -0.388 e. The van der Waals surface area contributed by atoms with Crippen molar-refractivity contribution in [3.63, 3.8) is 0 Å². The van der Waals surface area contributed by atoms with Crippen LogP contribution < -0.4 is 4.90 Å². The number of anilines is 1. The van der Waals surface area contributed by atoms with Crippen LogP contribution in [0.3, 0.4) is 0 Å². The van der Waals surface area contributed by atoms with Gasteiger partial charge in [-0.2, -0.15) is 11.8 Å².